The van der Waals surface area contributed by atoms with Crippen LogP contribution in [0.15, 0.2) is 48.5 Å². The SMILES string of the molecule is CC(=O)c1cccc([N+](=O)[O-])c1.CC(N)c1cccc([N+](=O)[O-])c1. The summed E-state index contributed by atoms with van der Waals surface area (Å²) in [4.78, 5) is 30.5. The monoisotopic (exact) mass is 331 g/mol. The molecule has 0 aliphatic carbocycles. The van der Waals surface area contributed by atoms with Gasteiger partial charge in [-0.05, 0) is 19.4 Å². The van der Waals surface area contributed by atoms with Gasteiger partial charge in [0.05, 0.1) is 9.85 Å². The van der Waals surface area contributed by atoms with Gasteiger partial charge in [0.2, 0.25) is 0 Å². The summed E-state index contributed by atoms with van der Waals surface area (Å²) in [5, 5.41) is 20.6. The van der Waals surface area contributed by atoms with Crippen molar-refractivity contribution in [1.29, 1.82) is 0 Å². The molecule has 0 aliphatic rings. The minimum Gasteiger partial charge on any atom is -0.324 e. The van der Waals surface area contributed by atoms with E-state index in [1.165, 1.54) is 37.3 Å². The van der Waals surface area contributed by atoms with Crippen LogP contribution in [0, 0.1) is 20.2 Å². The number of non-ortho nitro benzene ring substituents is 2. The van der Waals surface area contributed by atoms with E-state index in [-0.39, 0.29) is 23.2 Å². The van der Waals surface area contributed by atoms with E-state index >= 15 is 0 Å². The summed E-state index contributed by atoms with van der Waals surface area (Å²) in [5.41, 5.74) is 6.74. The van der Waals surface area contributed by atoms with Crippen molar-refractivity contribution in [3.63, 3.8) is 0 Å². The number of nitro benzene ring substituents is 2. The molecule has 24 heavy (non-hydrogen) atoms. The number of nitrogens with zero attached hydrogens (tertiary/aromatic N) is 2. The van der Waals surface area contributed by atoms with Crippen LogP contribution in [0.3, 0.4) is 0 Å². The van der Waals surface area contributed by atoms with E-state index in [1.807, 2.05) is 0 Å². The van der Waals surface area contributed by atoms with Crippen molar-refractivity contribution in [1.82, 2.24) is 0 Å². The number of ketones is 1. The quantitative estimate of drug-likeness (QED) is 0.519. The summed E-state index contributed by atoms with van der Waals surface area (Å²) in [5.74, 6) is -0.168. The molecular formula is C16H17N3O5. The van der Waals surface area contributed by atoms with Crippen molar-refractivity contribution in [3.8, 4) is 0 Å². The van der Waals surface area contributed by atoms with Gasteiger partial charge in [0, 0.05) is 35.9 Å². The number of rotatable bonds is 4. The van der Waals surface area contributed by atoms with Crippen LogP contribution < -0.4 is 5.73 Å². The molecular weight excluding hydrogens is 314 g/mol. The Morgan fingerprint density at radius 1 is 1.00 bits per heavy atom. The van der Waals surface area contributed by atoms with Gasteiger partial charge >= 0.3 is 0 Å². The van der Waals surface area contributed by atoms with Gasteiger partial charge in [-0.3, -0.25) is 25.0 Å². The first-order valence-corrected chi connectivity index (χ1v) is 6.97. The molecule has 0 radical (unpaired) electrons. The molecule has 0 amide bonds. The molecule has 1 unspecified atom stereocenters. The van der Waals surface area contributed by atoms with E-state index in [1.54, 1.807) is 25.1 Å². The predicted octanol–water partition coefficient (Wildman–Crippen LogP) is 3.41. The van der Waals surface area contributed by atoms with Gasteiger partial charge in [-0.2, -0.15) is 0 Å². The Kier molecular flexibility index (Phi) is 6.69. The van der Waals surface area contributed by atoms with Crippen molar-refractivity contribution >= 4 is 17.2 Å². The summed E-state index contributed by atoms with van der Waals surface area (Å²) >= 11 is 0. The van der Waals surface area contributed by atoms with Crippen LogP contribution in [0.4, 0.5) is 11.4 Å². The van der Waals surface area contributed by atoms with E-state index in [0.717, 1.165) is 5.56 Å². The Balaban J connectivity index is 0.000000240. The largest absolute Gasteiger partial charge is 0.324 e. The highest BCUT2D eigenvalue weighted by Gasteiger charge is 2.08. The zero-order valence-electron chi connectivity index (χ0n) is 13.2. The highest BCUT2D eigenvalue weighted by atomic mass is 16.6. The molecule has 0 aliphatic heterocycles. The lowest BCUT2D eigenvalue weighted by molar-refractivity contribution is -0.385. The maximum absolute atomic E-state index is 10.8. The fourth-order valence-corrected chi connectivity index (χ4v) is 1.76. The number of hydrogen-bond donors (Lipinski definition) is 1. The van der Waals surface area contributed by atoms with Crippen molar-refractivity contribution in [2.24, 2.45) is 5.73 Å². The number of carbonyl (C=O) groups is 1. The average Bonchev–Trinajstić information content (AvgIpc) is 2.55. The second-order valence-corrected chi connectivity index (χ2v) is 5.00. The molecule has 2 N–H and O–H groups in total. The van der Waals surface area contributed by atoms with Crippen molar-refractivity contribution in [2.45, 2.75) is 19.9 Å². The van der Waals surface area contributed by atoms with E-state index in [2.05, 4.69) is 0 Å². The average molecular weight is 331 g/mol. The number of nitro groups is 2. The molecule has 0 heterocycles. The topological polar surface area (TPSA) is 129 Å². The number of Topliss-reactive ketones (excluding diaryl/α,β-unsaturated/α-hetero) is 1. The summed E-state index contributed by atoms with van der Waals surface area (Å²) < 4.78 is 0. The summed E-state index contributed by atoms with van der Waals surface area (Å²) in [6.07, 6.45) is 0. The first-order valence-electron chi connectivity index (χ1n) is 6.97. The standard InChI is InChI=1S/C8H10N2O2.C8H7NO3/c1-6(9)7-3-2-4-8(5-7)10(11)12;1-6(10)7-3-2-4-8(5-7)9(11)12/h2-6H,9H2,1H3;2-5H,1H3. The maximum Gasteiger partial charge on any atom is 0.270 e. The molecule has 1 atom stereocenters. The van der Waals surface area contributed by atoms with Gasteiger partial charge in [-0.1, -0.05) is 24.3 Å². The molecule has 8 nitrogen and oxygen atoms in total. The fraction of sp³-hybridized carbons (Fsp3) is 0.188. The van der Waals surface area contributed by atoms with Gasteiger partial charge in [0.15, 0.2) is 5.78 Å². The third-order valence-electron chi connectivity index (χ3n) is 3.07. The minimum atomic E-state index is -0.521. The van der Waals surface area contributed by atoms with E-state index in [4.69, 9.17) is 5.73 Å². The summed E-state index contributed by atoms with van der Waals surface area (Å²) in [6.45, 7) is 3.16. The third kappa shape index (κ3) is 5.58. The lowest BCUT2D eigenvalue weighted by atomic mass is 10.1. The van der Waals surface area contributed by atoms with Crippen molar-refractivity contribution in [2.75, 3.05) is 0 Å². The first-order chi connectivity index (χ1) is 11.2. The first kappa shape index (κ1) is 18.9. The zero-order valence-corrected chi connectivity index (χ0v) is 13.2. The Bertz CT molecular complexity index is 730. The van der Waals surface area contributed by atoms with Gasteiger partial charge in [0.25, 0.3) is 11.4 Å². The highest BCUT2D eigenvalue weighted by Crippen LogP contribution is 2.17. The molecule has 0 spiro atoms. The molecule has 126 valence electrons. The van der Waals surface area contributed by atoms with E-state index in [0.29, 0.717) is 5.56 Å². The van der Waals surface area contributed by atoms with Gasteiger partial charge in [0.1, 0.15) is 0 Å². The molecule has 0 fully saturated rings. The smallest absolute Gasteiger partial charge is 0.270 e. The number of hydrogen-bond acceptors (Lipinski definition) is 6. The molecule has 0 bridgehead atoms. The molecule has 8 heteroatoms. The fourth-order valence-electron chi connectivity index (χ4n) is 1.76. The third-order valence-corrected chi connectivity index (χ3v) is 3.07. The molecule has 2 aromatic carbocycles. The molecule has 2 aromatic rings. The molecule has 2 rings (SSSR count). The lowest BCUT2D eigenvalue weighted by Gasteiger charge is -2.03. The maximum atomic E-state index is 10.8. The van der Waals surface area contributed by atoms with E-state index in [9.17, 15) is 25.0 Å². The van der Waals surface area contributed by atoms with Gasteiger partial charge < -0.3 is 5.73 Å². The molecule has 0 saturated carbocycles. The van der Waals surface area contributed by atoms with E-state index < -0.39 is 9.85 Å². The van der Waals surface area contributed by atoms with Crippen molar-refractivity contribution in [3.05, 3.63) is 79.9 Å². The minimum absolute atomic E-state index is 0.0531. The highest BCUT2D eigenvalue weighted by molar-refractivity contribution is 5.94. The van der Waals surface area contributed by atoms with Crippen LogP contribution in [0.1, 0.15) is 35.8 Å². The predicted molar refractivity (Wildman–Crippen MR) is 88.8 cm³/mol. The Labute approximate surface area is 138 Å². The number of benzene rings is 2. The lowest BCUT2D eigenvalue weighted by Crippen LogP contribution is -2.04. The summed E-state index contributed by atoms with van der Waals surface area (Å²) in [6, 6.07) is 11.9. The van der Waals surface area contributed by atoms with Crippen LogP contribution >= 0.6 is 0 Å². The van der Waals surface area contributed by atoms with Crippen LogP contribution in [-0.4, -0.2) is 15.6 Å². The van der Waals surface area contributed by atoms with Crippen LogP contribution in [-0.2, 0) is 0 Å². The second-order valence-electron chi connectivity index (χ2n) is 5.00. The van der Waals surface area contributed by atoms with Crippen LogP contribution in [0.25, 0.3) is 0 Å². The second kappa shape index (κ2) is 8.49. The Morgan fingerprint density at radius 3 is 1.96 bits per heavy atom. The van der Waals surface area contributed by atoms with Crippen molar-refractivity contribution < 1.29 is 14.6 Å². The molecule has 0 aromatic heterocycles. The normalized spacial score (nSPS) is 11.0. The van der Waals surface area contributed by atoms with Crippen LogP contribution in [0.5, 0.6) is 0 Å². The zero-order chi connectivity index (χ0) is 18.3. The van der Waals surface area contributed by atoms with Gasteiger partial charge in [-0.15, -0.1) is 0 Å². The number of carbonyl (C=O) groups excluding carboxylic acids is 1. The number of nitrogens with two attached hydrogens (primary N) is 1. The van der Waals surface area contributed by atoms with Gasteiger partial charge in [-0.25, -0.2) is 0 Å². The Morgan fingerprint density at radius 2 is 1.50 bits per heavy atom. The summed E-state index contributed by atoms with van der Waals surface area (Å²) in [7, 11) is 0. The van der Waals surface area contributed by atoms with Crippen LogP contribution in [0.2, 0.25) is 0 Å². The Hall–Kier alpha value is -3.13. The molecule has 0 saturated heterocycles.